The Hall–Kier alpha value is -0.630. The number of carbonyl (C=O) groups is 1. The topological polar surface area (TPSA) is 37.3 Å². The third-order valence-electron chi connectivity index (χ3n) is 3.00. The maximum Gasteiger partial charge on any atom is 0.133 e. The largest absolute Gasteiger partial charge is 0.396 e. The van der Waals surface area contributed by atoms with E-state index in [0.29, 0.717) is 25.2 Å². The van der Waals surface area contributed by atoms with Gasteiger partial charge in [0.15, 0.2) is 0 Å². The second-order valence-corrected chi connectivity index (χ2v) is 4.71. The maximum absolute atomic E-state index is 11.6. The zero-order valence-electron chi connectivity index (χ0n) is 11.5. The molecule has 0 radical (unpaired) electrons. The quantitative estimate of drug-likeness (QED) is 0.439. The van der Waals surface area contributed by atoms with E-state index >= 15 is 0 Å². The van der Waals surface area contributed by atoms with Gasteiger partial charge in [-0.05, 0) is 25.7 Å². The fourth-order valence-electron chi connectivity index (χ4n) is 2.04. The molecule has 0 aliphatic heterocycles. The molecule has 100 valence electrons. The van der Waals surface area contributed by atoms with Crippen LogP contribution in [-0.4, -0.2) is 17.5 Å². The van der Waals surface area contributed by atoms with Crippen molar-refractivity contribution in [3.63, 3.8) is 0 Å². The van der Waals surface area contributed by atoms with Gasteiger partial charge in [0.1, 0.15) is 5.78 Å². The monoisotopic (exact) mass is 240 g/mol. The van der Waals surface area contributed by atoms with E-state index in [1.54, 1.807) is 0 Å². The summed E-state index contributed by atoms with van der Waals surface area (Å²) in [6.45, 7) is 4.34. The number of ketones is 1. The summed E-state index contributed by atoms with van der Waals surface area (Å²) < 4.78 is 0. The Morgan fingerprint density at radius 1 is 1.24 bits per heavy atom. The highest BCUT2D eigenvalue weighted by Crippen LogP contribution is 2.17. The zero-order chi connectivity index (χ0) is 12.9. The normalized spacial score (nSPS) is 13.1. The molecule has 0 spiro atoms. The van der Waals surface area contributed by atoms with Gasteiger partial charge in [-0.2, -0.15) is 0 Å². The number of Topliss-reactive ketones (excluding diaryl/α,β-unsaturated/α-hetero) is 1. The molecule has 0 aromatic heterocycles. The number of aliphatic hydroxyl groups is 1. The first-order valence-electron chi connectivity index (χ1n) is 7.00. The number of carbonyl (C=O) groups excluding carboxylic acids is 1. The van der Waals surface area contributed by atoms with E-state index in [-0.39, 0.29) is 12.4 Å². The molecule has 0 rings (SSSR count). The average Bonchev–Trinajstić information content (AvgIpc) is 2.32. The summed E-state index contributed by atoms with van der Waals surface area (Å²) in [7, 11) is 0. The van der Waals surface area contributed by atoms with E-state index in [4.69, 9.17) is 5.11 Å². The van der Waals surface area contributed by atoms with Gasteiger partial charge in [0.25, 0.3) is 0 Å². The molecule has 0 aliphatic carbocycles. The number of hydrogen-bond donors (Lipinski definition) is 1. The molecule has 0 saturated carbocycles. The Morgan fingerprint density at radius 3 is 2.59 bits per heavy atom. The predicted molar refractivity (Wildman–Crippen MR) is 73.0 cm³/mol. The Labute approximate surface area is 106 Å². The smallest absolute Gasteiger partial charge is 0.133 e. The minimum Gasteiger partial charge on any atom is -0.396 e. The molecule has 0 bridgehead atoms. The van der Waals surface area contributed by atoms with Gasteiger partial charge in [-0.25, -0.2) is 0 Å². The van der Waals surface area contributed by atoms with Crippen molar-refractivity contribution in [2.75, 3.05) is 6.61 Å². The minimum atomic E-state index is 0.122. The van der Waals surface area contributed by atoms with Gasteiger partial charge in [0.05, 0.1) is 0 Å². The van der Waals surface area contributed by atoms with Gasteiger partial charge in [0.2, 0.25) is 0 Å². The number of allylic oxidation sites excluding steroid dienone is 2. The molecule has 0 heterocycles. The van der Waals surface area contributed by atoms with E-state index < -0.39 is 0 Å². The summed E-state index contributed by atoms with van der Waals surface area (Å²) in [4.78, 5) is 11.6. The lowest BCUT2D eigenvalue weighted by Gasteiger charge is -2.11. The summed E-state index contributed by atoms with van der Waals surface area (Å²) in [6.07, 6.45) is 12.1. The van der Waals surface area contributed by atoms with Crippen LogP contribution in [0.5, 0.6) is 0 Å². The molecule has 0 aromatic carbocycles. The van der Waals surface area contributed by atoms with Gasteiger partial charge in [-0.3, -0.25) is 4.79 Å². The first-order valence-corrected chi connectivity index (χ1v) is 7.00. The lowest BCUT2D eigenvalue weighted by molar-refractivity contribution is -0.120. The van der Waals surface area contributed by atoms with Crippen LogP contribution in [0, 0.1) is 5.92 Å². The van der Waals surface area contributed by atoms with E-state index in [0.717, 1.165) is 6.42 Å². The third-order valence-corrected chi connectivity index (χ3v) is 3.00. The number of rotatable bonds is 11. The van der Waals surface area contributed by atoms with Crippen molar-refractivity contribution >= 4 is 5.78 Å². The molecule has 17 heavy (non-hydrogen) atoms. The predicted octanol–water partition coefficient (Wildman–Crippen LogP) is 3.88. The van der Waals surface area contributed by atoms with Crippen molar-refractivity contribution in [3.05, 3.63) is 12.2 Å². The van der Waals surface area contributed by atoms with E-state index in [9.17, 15) is 4.79 Å². The van der Waals surface area contributed by atoms with Gasteiger partial charge in [0, 0.05) is 19.4 Å². The molecule has 0 aliphatic rings. The van der Waals surface area contributed by atoms with Crippen LogP contribution in [0.15, 0.2) is 12.2 Å². The van der Waals surface area contributed by atoms with Crippen molar-refractivity contribution in [2.45, 2.75) is 65.2 Å². The second kappa shape index (κ2) is 11.8. The zero-order valence-corrected chi connectivity index (χ0v) is 11.5. The highest BCUT2D eigenvalue weighted by Gasteiger charge is 2.10. The van der Waals surface area contributed by atoms with E-state index in [2.05, 4.69) is 13.0 Å². The van der Waals surface area contributed by atoms with Crippen LogP contribution in [0.3, 0.4) is 0 Å². The van der Waals surface area contributed by atoms with Crippen LogP contribution in [0.1, 0.15) is 65.2 Å². The summed E-state index contributed by atoms with van der Waals surface area (Å²) in [5.41, 5.74) is 0. The summed E-state index contributed by atoms with van der Waals surface area (Å²) in [6, 6.07) is 0. The van der Waals surface area contributed by atoms with Crippen LogP contribution in [-0.2, 0) is 4.79 Å². The highest BCUT2D eigenvalue weighted by atomic mass is 16.3. The number of hydrogen-bond acceptors (Lipinski definition) is 2. The summed E-state index contributed by atoms with van der Waals surface area (Å²) >= 11 is 0. The summed E-state index contributed by atoms with van der Waals surface area (Å²) in [5, 5.41) is 8.69. The first-order chi connectivity index (χ1) is 8.24. The molecule has 0 amide bonds. The highest BCUT2D eigenvalue weighted by molar-refractivity contribution is 5.78. The molecular formula is C15H28O2. The van der Waals surface area contributed by atoms with Gasteiger partial charge < -0.3 is 5.11 Å². The van der Waals surface area contributed by atoms with E-state index in [1.165, 1.54) is 25.7 Å². The standard InChI is InChI=1S/C15H28O2/c1-3-5-6-7-10-14(9-4-2)13-15(17)11-8-12-16/h4,9,14,16H,3,5-8,10-13H2,1-2H3/b9-4+. The van der Waals surface area contributed by atoms with Crippen molar-refractivity contribution in [1.29, 1.82) is 0 Å². The van der Waals surface area contributed by atoms with Crippen molar-refractivity contribution in [2.24, 2.45) is 5.92 Å². The SMILES string of the molecule is C/C=C/C(CCCCCC)CC(=O)CCCO. The Balaban J connectivity index is 3.84. The molecule has 0 saturated heterocycles. The van der Waals surface area contributed by atoms with Crippen LogP contribution in [0.4, 0.5) is 0 Å². The Kier molecular flexibility index (Phi) is 11.4. The van der Waals surface area contributed by atoms with Gasteiger partial charge in [-0.1, -0.05) is 44.8 Å². The number of aliphatic hydroxyl groups excluding tert-OH is 1. The van der Waals surface area contributed by atoms with Crippen LogP contribution in [0.25, 0.3) is 0 Å². The Morgan fingerprint density at radius 2 is 2.00 bits per heavy atom. The minimum absolute atomic E-state index is 0.122. The fraction of sp³-hybridized carbons (Fsp3) is 0.800. The number of unbranched alkanes of at least 4 members (excludes halogenated alkanes) is 3. The lowest BCUT2D eigenvalue weighted by atomic mass is 9.93. The van der Waals surface area contributed by atoms with E-state index in [1.807, 2.05) is 13.0 Å². The van der Waals surface area contributed by atoms with Crippen molar-refractivity contribution in [1.82, 2.24) is 0 Å². The molecule has 0 fully saturated rings. The average molecular weight is 240 g/mol. The van der Waals surface area contributed by atoms with Gasteiger partial charge in [-0.15, -0.1) is 0 Å². The van der Waals surface area contributed by atoms with Crippen molar-refractivity contribution < 1.29 is 9.90 Å². The van der Waals surface area contributed by atoms with Crippen molar-refractivity contribution in [3.8, 4) is 0 Å². The molecule has 1 atom stereocenters. The molecule has 2 heteroatoms. The molecule has 1 unspecified atom stereocenters. The van der Waals surface area contributed by atoms with Gasteiger partial charge >= 0.3 is 0 Å². The second-order valence-electron chi connectivity index (χ2n) is 4.71. The first kappa shape index (κ1) is 16.4. The molecule has 1 N–H and O–H groups in total. The molecular weight excluding hydrogens is 212 g/mol. The molecule has 2 nitrogen and oxygen atoms in total. The molecule has 0 aromatic rings. The van der Waals surface area contributed by atoms with Crippen LogP contribution >= 0.6 is 0 Å². The maximum atomic E-state index is 11.6. The Bertz CT molecular complexity index is 209. The van der Waals surface area contributed by atoms with Crippen LogP contribution in [0.2, 0.25) is 0 Å². The fourth-order valence-corrected chi connectivity index (χ4v) is 2.04. The lowest BCUT2D eigenvalue weighted by Crippen LogP contribution is -2.07. The summed E-state index contributed by atoms with van der Waals surface area (Å²) in [5.74, 6) is 0.695. The third kappa shape index (κ3) is 10.3. The van der Waals surface area contributed by atoms with Crippen LogP contribution < -0.4 is 0 Å².